The quantitative estimate of drug-likeness (QED) is 0.447. The number of fused-ring (bicyclic) bond motifs is 1. The number of aliphatic hydroxyl groups excluding tert-OH is 2. The van der Waals surface area contributed by atoms with Gasteiger partial charge in [0.25, 0.3) is 5.91 Å². The zero-order valence-corrected chi connectivity index (χ0v) is 10.4. The topological polar surface area (TPSA) is 124 Å². The number of hydrogen-bond donors (Lipinski definition) is 4. The van der Waals surface area contributed by atoms with Crippen molar-refractivity contribution in [2.75, 3.05) is 26.4 Å². The number of guanidine groups is 1. The molecule has 3 rings (SSSR count). The second-order valence-corrected chi connectivity index (χ2v) is 5.38. The first-order valence-electron chi connectivity index (χ1n) is 6.24. The highest BCUT2D eigenvalue weighted by Gasteiger charge is 2.55. The minimum atomic E-state index is -0.461. The van der Waals surface area contributed by atoms with Gasteiger partial charge in [-0.25, -0.2) is 4.99 Å². The van der Waals surface area contributed by atoms with Crippen molar-refractivity contribution in [1.82, 2.24) is 10.2 Å². The Morgan fingerprint density at radius 2 is 2.32 bits per heavy atom. The normalized spacial score (nSPS) is 37.5. The molecule has 8 nitrogen and oxygen atoms in total. The van der Waals surface area contributed by atoms with Crippen LogP contribution in [0.1, 0.15) is 6.42 Å². The van der Waals surface area contributed by atoms with Crippen LogP contribution >= 0.6 is 0 Å². The summed E-state index contributed by atoms with van der Waals surface area (Å²) in [5.74, 6) is -0.110. The Kier molecular flexibility index (Phi) is 2.80. The third-order valence-corrected chi connectivity index (χ3v) is 4.16. The van der Waals surface area contributed by atoms with Gasteiger partial charge in [0.15, 0.2) is 12.1 Å². The summed E-state index contributed by atoms with van der Waals surface area (Å²) >= 11 is 0. The van der Waals surface area contributed by atoms with Crippen molar-refractivity contribution in [3.63, 3.8) is 0 Å². The van der Waals surface area contributed by atoms with Crippen LogP contribution in [0.15, 0.2) is 9.98 Å². The fourth-order valence-electron chi connectivity index (χ4n) is 2.84. The van der Waals surface area contributed by atoms with Crippen LogP contribution in [-0.4, -0.2) is 65.3 Å². The van der Waals surface area contributed by atoms with E-state index in [1.165, 1.54) is 0 Å². The third kappa shape index (κ3) is 1.92. The molecule has 0 radical (unpaired) electrons. The Labute approximate surface area is 110 Å². The Bertz CT molecular complexity index is 477. The Balaban J connectivity index is 1.75. The molecule has 19 heavy (non-hydrogen) atoms. The Morgan fingerprint density at radius 1 is 1.53 bits per heavy atom. The monoisotopic (exact) mass is 267 g/mol. The summed E-state index contributed by atoms with van der Waals surface area (Å²) in [5, 5.41) is 21.1. The van der Waals surface area contributed by atoms with Gasteiger partial charge in [-0.1, -0.05) is 0 Å². The van der Waals surface area contributed by atoms with E-state index in [1.807, 2.05) is 4.90 Å². The average molecular weight is 267 g/mol. The lowest BCUT2D eigenvalue weighted by atomic mass is 10.0. The predicted molar refractivity (Wildman–Crippen MR) is 67.3 cm³/mol. The summed E-state index contributed by atoms with van der Waals surface area (Å²) in [6, 6.07) is 0. The van der Waals surface area contributed by atoms with Crippen LogP contribution < -0.4 is 11.1 Å². The largest absolute Gasteiger partial charge is 0.396 e. The van der Waals surface area contributed by atoms with Gasteiger partial charge in [0.05, 0.1) is 13.3 Å². The maximum Gasteiger partial charge on any atom is 0.275 e. The van der Waals surface area contributed by atoms with Crippen molar-refractivity contribution < 1.29 is 15.0 Å². The van der Waals surface area contributed by atoms with E-state index in [0.717, 1.165) is 6.42 Å². The molecule has 1 amide bonds. The van der Waals surface area contributed by atoms with E-state index in [-0.39, 0.29) is 36.4 Å². The molecule has 2 aliphatic heterocycles. The Hall–Kier alpha value is -1.51. The number of amides is 1. The first kappa shape index (κ1) is 12.5. The standard InChI is InChI=1S/C11H17N5O3/c12-10-14-8-7(9(19)15-10)13-5-16(8)3-11(4-18)1-6(11)2-17/h6,8,17-18H,1-5H2,(H3,12,14,15,19)/t6-,8?,11+/m0/s1. The summed E-state index contributed by atoms with van der Waals surface area (Å²) < 4.78 is 0. The number of nitrogens with zero attached hydrogens (tertiary/aromatic N) is 3. The molecule has 1 unspecified atom stereocenters. The van der Waals surface area contributed by atoms with Gasteiger partial charge in [-0.05, 0) is 12.3 Å². The molecule has 2 heterocycles. The molecule has 0 bridgehead atoms. The van der Waals surface area contributed by atoms with Crippen LogP contribution in [0.3, 0.4) is 0 Å². The molecule has 1 fully saturated rings. The first-order chi connectivity index (χ1) is 9.09. The van der Waals surface area contributed by atoms with E-state index in [2.05, 4.69) is 15.3 Å². The number of nitrogens with two attached hydrogens (primary N) is 1. The van der Waals surface area contributed by atoms with Gasteiger partial charge >= 0.3 is 0 Å². The molecular formula is C11H17N5O3. The van der Waals surface area contributed by atoms with Gasteiger partial charge in [-0.3, -0.25) is 20.0 Å². The highest BCUT2D eigenvalue weighted by atomic mass is 16.3. The van der Waals surface area contributed by atoms with Crippen molar-refractivity contribution in [2.45, 2.75) is 12.6 Å². The molecule has 0 spiro atoms. The molecule has 3 atom stereocenters. The molecule has 0 aromatic heterocycles. The SMILES string of the molecule is NC1=NC2C(=NCN2C[C@@]2(CO)C[C@H]2CO)C(=O)N1. The first-order valence-corrected chi connectivity index (χ1v) is 6.24. The van der Waals surface area contributed by atoms with Crippen molar-refractivity contribution >= 4 is 17.6 Å². The fraction of sp³-hybridized carbons (Fsp3) is 0.727. The highest BCUT2D eigenvalue weighted by molar-refractivity contribution is 6.44. The molecule has 0 aromatic carbocycles. The molecule has 8 heteroatoms. The van der Waals surface area contributed by atoms with Crippen LogP contribution in [0.25, 0.3) is 0 Å². The van der Waals surface area contributed by atoms with Crippen molar-refractivity contribution in [2.24, 2.45) is 27.1 Å². The van der Waals surface area contributed by atoms with Crippen LogP contribution in [-0.2, 0) is 4.79 Å². The molecule has 5 N–H and O–H groups in total. The van der Waals surface area contributed by atoms with E-state index >= 15 is 0 Å². The van der Waals surface area contributed by atoms with Gasteiger partial charge in [0.2, 0.25) is 0 Å². The molecule has 104 valence electrons. The second-order valence-electron chi connectivity index (χ2n) is 5.38. The molecular weight excluding hydrogens is 250 g/mol. The summed E-state index contributed by atoms with van der Waals surface area (Å²) in [5.41, 5.74) is 5.63. The number of rotatable bonds is 4. The third-order valence-electron chi connectivity index (χ3n) is 4.16. The number of nitrogens with one attached hydrogen (secondary N) is 1. The van der Waals surface area contributed by atoms with Crippen LogP contribution in [0.5, 0.6) is 0 Å². The van der Waals surface area contributed by atoms with Gasteiger partial charge in [-0.2, -0.15) is 0 Å². The minimum Gasteiger partial charge on any atom is -0.396 e. The lowest BCUT2D eigenvalue weighted by molar-refractivity contribution is -0.114. The van der Waals surface area contributed by atoms with Crippen LogP contribution in [0.4, 0.5) is 0 Å². The lowest BCUT2D eigenvalue weighted by Gasteiger charge is -2.28. The minimum absolute atomic E-state index is 0.0160. The summed E-state index contributed by atoms with van der Waals surface area (Å²) in [4.78, 5) is 22.0. The van der Waals surface area contributed by atoms with Gasteiger partial charge in [0.1, 0.15) is 5.71 Å². The second kappa shape index (κ2) is 4.26. The smallest absolute Gasteiger partial charge is 0.275 e. The highest BCUT2D eigenvalue weighted by Crippen LogP contribution is 2.52. The summed E-state index contributed by atoms with van der Waals surface area (Å²) in [7, 11) is 0. The number of aliphatic hydroxyl groups is 2. The van der Waals surface area contributed by atoms with Crippen molar-refractivity contribution in [1.29, 1.82) is 0 Å². The maximum atomic E-state index is 11.7. The number of carbonyl (C=O) groups is 1. The van der Waals surface area contributed by atoms with Crippen LogP contribution in [0, 0.1) is 11.3 Å². The molecule has 1 aliphatic carbocycles. The Morgan fingerprint density at radius 3 is 2.95 bits per heavy atom. The van der Waals surface area contributed by atoms with Gasteiger partial charge in [-0.15, -0.1) is 0 Å². The van der Waals surface area contributed by atoms with Gasteiger partial charge < -0.3 is 15.9 Å². The van der Waals surface area contributed by atoms with Crippen LogP contribution in [0.2, 0.25) is 0 Å². The van der Waals surface area contributed by atoms with E-state index in [0.29, 0.717) is 18.9 Å². The molecule has 0 saturated heterocycles. The lowest BCUT2D eigenvalue weighted by Crippen LogP contribution is -2.53. The summed E-state index contributed by atoms with van der Waals surface area (Å²) in [6.45, 7) is 1.00. The van der Waals surface area contributed by atoms with Gasteiger partial charge in [0, 0.05) is 18.6 Å². The van der Waals surface area contributed by atoms with E-state index in [4.69, 9.17) is 5.73 Å². The number of aliphatic imine (C=N–C) groups is 2. The van der Waals surface area contributed by atoms with Crippen molar-refractivity contribution in [3.8, 4) is 0 Å². The zero-order chi connectivity index (χ0) is 13.6. The average Bonchev–Trinajstić information content (AvgIpc) is 2.95. The zero-order valence-electron chi connectivity index (χ0n) is 10.4. The predicted octanol–water partition coefficient (Wildman–Crippen LogP) is -2.54. The van der Waals surface area contributed by atoms with E-state index in [9.17, 15) is 15.0 Å². The molecule has 0 aromatic rings. The summed E-state index contributed by atoms with van der Waals surface area (Å²) in [6.07, 6.45) is 0.321. The van der Waals surface area contributed by atoms with Crippen molar-refractivity contribution in [3.05, 3.63) is 0 Å². The maximum absolute atomic E-state index is 11.7. The molecule has 3 aliphatic rings. The number of carbonyl (C=O) groups excluding carboxylic acids is 1. The molecule has 1 saturated carbocycles. The van der Waals surface area contributed by atoms with E-state index < -0.39 is 6.17 Å². The number of hydrogen-bond acceptors (Lipinski definition) is 7. The fourth-order valence-corrected chi connectivity index (χ4v) is 2.84. The van der Waals surface area contributed by atoms with E-state index in [1.54, 1.807) is 0 Å².